The summed E-state index contributed by atoms with van der Waals surface area (Å²) in [6.07, 6.45) is 1.11. The summed E-state index contributed by atoms with van der Waals surface area (Å²) in [5, 5.41) is 0. The first-order chi connectivity index (χ1) is 13.4. The summed E-state index contributed by atoms with van der Waals surface area (Å²) >= 11 is 0. The first-order valence-electron chi connectivity index (χ1n) is 9.08. The molecule has 150 valence electrons. The zero-order chi connectivity index (χ0) is 20.1. The third-order valence-electron chi connectivity index (χ3n) is 4.79. The van der Waals surface area contributed by atoms with E-state index in [9.17, 15) is 13.2 Å². The number of carbonyl (C=O) groups is 1. The second-order valence-corrected chi connectivity index (χ2v) is 8.58. The molecule has 28 heavy (non-hydrogen) atoms. The van der Waals surface area contributed by atoms with E-state index in [1.807, 2.05) is 30.3 Å². The van der Waals surface area contributed by atoms with Crippen LogP contribution in [0.2, 0.25) is 0 Å². The summed E-state index contributed by atoms with van der Waals surface area (Å²) in [6, 6.07) is 16.7. The van der Waals surface area contributed by atoms with Crippen molar-refractivity contribution in [1.82, 2.24) is 4.90 Å². The number of para-hydroxylation sites is 1. The van der Waals surface area contributed by atoms with Gasteiger partial charge in [0.15, 0.2) is 0 Å². The van der Waals surface area contributed by atoms with Gasteiger partial charge in [0.25, 0.3) is 0 Å². The number of piperazine rings is 1. The van der Waals surface area contributed by atoms with Crippen LogP contribution in [0.5, 0.6) is 5.75 Å². The highest BCUT2D eigenvalue weighted by molar-refractivity contribution is 7.92. The molecule has 0 aromatic heterocycles. The second kappa shape index (κ2) is 8.52. The Bertz CT molecular complexity index is 893. The van der Waals surface area contributed by atoms with Crippen molar-refractivity contribution in [3.8, 4) is 5.75 Å². The van der Waals surface area contributed by atoms with Gasteiger partial charge >= 0.3 is 0 Å². The van der Waals surface area contributed by atoms with Crippen LogP contribution in [-0.4, -0.2) is 65.3 Å². The quantitative estimate of drug-likeness (QED) is 0.736. The Labute approximate surface area is 166 Å². The van der Waals surface area contributed by atoms with Gasteiger partial charge in [-0.3, -0.25) is 9.10 Å². The van der Waals surface area contributed by atoms with Crippen LogP contribution < -0.4 is 13.9 Å². The molecule has 0 atom stereocenters. The lowest BCUT2D eigenvalue weighted by molar-refractivity contribution is -0.129. The number of methoxy groups -OCH3 is 1. The number of nitrogens with zero attached hydrogens (tertiary/aromatic N) is 3. The van der Waals surface area contributed by atoms with E-state index in [0.29, 0.717) is 24.5 Å². The van der Waals surface area contributed by atoms with E-state index in [1.165, 1.54) is 0 Å². The van der Waals surface area contributed by atoms with Crippen molar-refractivity contribution in [3.63, 3.8) is 0 Å². The fourth-order valence-electron chi connectivity index (χ4n) is 3.22. The highest BCUT2D eigenvalue weighted by Crippen LogP contribution is 2.22. The first-order valence-corrected chi connectivity index (χ1v) is 10.9. The molecule has 1 amide bonds. The van der Waals surface area contributed by atoms with Gasteiger partial charge in [0.05, 0.1) is 19.1 Å². The number of benzene rings is 2. The van der Waals surface area contributed by atoms with Gasteiger partial charge in [-0.05, 0) is 36.4 Å². The van der Waals surface area contributed by atoms with Gasteiger partial charge in [-0.25, -0.2) is 8.42 Å². The minimum Gasteiger partial charge on any atom is -0.497 e. The zero-order valence-corrected chi connectivity index (χ0v) is 16.9. The molecule has 0 unspecified atom stereocenters. The van der Waals surface area contributed by atoms with Crippen LogP contribution in [0.25, 0.3) is 0 Å². The summed E-state index contributed by atoms with van der Waals surface area (Å²) < 4.78 is 30.8. The molecule has 1 aliphatic rings. The van der Waals surface area contributed by atoms with Crippen LogP contribution in [-0.2, 0) is 14.8 Å². The van der Waals surface area contributed by atoms with Crippen LogP contribution in [0.4, 0.5) is 11.4 Å². The lowest BCUT2D eigenvalue weighted by Gasteiger charge is -2.37. The lowest BCUT2D eigenvalue weighted by atomic mass is 10.2. The minimum absolute atomic E-state index is 0.200. The Balaban J connectivity index is 1.66. The summed E-state index contributed by atoms with van der Waals surface area (Å²) in [7, 11) is -2.05. The number of sulfonamides is 1. The minimum atomic E-state index is -3.59. The van der Waals surface area contributed by atoms with Crippen LogP contribution in [0.15, 0.2) is 54.6 Å². The first kappa shape index (κ1) is 20.0. The molecule has 1 aliphatic heterocycles. The number of ether oxygens (including phenoxy) is 1. The van der Waals surface area contributed by atoms with E-state index >= 15 is 0 Å². The van der Waals surface area contributed by atoms with Crippen molar-refractivity contribution < 1.29 is 17.9 Å². The average molecular weight is 404 g/mol. The number of anilines is 2. The molecule has 0 N–H and O–H groups in total. The van der Waals surface area contributed by atoms with E-state index in [-0.39, 0.29) is 12.5 Å². The molecular formula is C20H25N3O4S. The summed E-state index contributed by atoms with van der Waals surface area (Å²) in [5.74, 6) is 0.425. The normalized spacial score (nSPS) is 14.6. The van der Waals surface area contributed by atoms with Gasteiger partial charge < -0.3 is 14.5 Å². The molecular weight excluding hydrogens is 378 g/mol. The third kappa shape index (κ3) is 4.75. The standard InChI is InChI=1S/C20H25N3O4S/c1-27-19-10-8-18(9-11-19)23(28(2,25)26)16-20(24)22-14-12-21(13-15-22)17-6-4-3-5-7-17/h3-11H,12-16H2,1-2H3. The van der Waals surface area contributed by atoms with Crippen LogP contribution in [0.1, 0.15) is 0 Å². The molecule has 0 aliphatic carbocycles. The van der Waals surface area contributed by atoms with Crippen molar-refractivity contribution >= 4 is 27.3 Å². The Morgan fingerprint density at radius 2 is 1.61 bits per heavy atom. The fourth-order valence-corrected chi connectivity index (χ4v) is 4.07. The zero-order valence-electron chi connectivity index (χ0n) is 16.1. The number of rotatable bonds is 6. The number of carbonyl (C=O) groups excluding carboxylic acids is 1. The van der Waals surface area contributed by atoms with Gasteiger partial charge in [0.1, 0.15) is 12.3 Å². The molecule has 7 nitrogen and oxygen atoms in total. The van der Waals surface area contributed by atoms with Gasteiger partial charge in [-0.1, -0.05) is 18.2 Å². The van der Waals surface area contributed by atoms with Gasteiger partial charge in [0.2, 0.25) is 15.9 Å². The smallest absolute Gasteiger partial charge is 0.243 e. The predicted molar refractivity (Wildman–Crippen MR) is 110 cm³/mol. The molecule has 1 saturated heterocycles. The monoisotopic (exact) mass is 403 g/mol. The number of hydrogen-bond acceptors (Lipinski definition) is 5. The molecule has 2 aromatic carbocycles. The molecule has 8 heteroatoms. The topological polar surface area (TPSA) is 70.2 Å². The highest BCUT2D eigenvalue weighted by Gasteiger charge is 2.26. The summed E-state index contributed by atoms with van der Waals surface area (Å²) in [4.78, 5) is 16.7. The Hall–Kier alpha value is -2.74. The van der Waals surface area contributed by atoms with Gasteiger partial charge in [-0.2, -0.15) is 0 Å². The maximum absolute atomic E-state index is 12.8. The molecule has 1 fully saturated rings. The van der Waals surface area contributed by atoms with E-state index in [0.717, 1.165) is 29.3 Å². The summed E-state index contributed by atoms with van der Waals surface area (Å²) in [6.45, 7) is 2.35. The maximum Gasteiger partial charge on any atom is 0.243 e. The number of hydrogen-bond donors (Lipinski definition) is 0. The summed E-state index contributed by atoms with van der Waals surface area (Å²) in [5.41, 5.74) is 1.57. The second-order valence-electron chi connectivity index (χ2n) is 6.67. The molecule has 1 heterocycles. The fraction of sp³-hybridized carbons (Fsp3) is 0.350. The van der Waals surface area contributed by atoms with Crippen molar-refractivity contribution in [2.45, 2.75) is 0 Å². The van der Waals surface area contributed by atoms with Crippen LogP contribution in [0, 0.1) is 0 Å². The van der Waals surface area contributed by atoms with Gasteiger partial charge in [0, 0.05) is 31.9 Å². The Morgan fingerprint density at radius 3 is 2.14 bits per heavy atom. The largest absolute Gasteiger partial charge is 0.497 e. The van der Waals surface area contributed by atoms with E-state index in [4.69, 9.17) is 4.74 Å². The molecule has 0 spiro atoms. The maximum atomic E-state index is 12.8. The lowest BCUT2D eigenvalue weighted by Crippen LogP contribution is -2.51. The van der Waals surface area contributed by atoms with Crippen molar-refractivity contribution in [2.75, 3.05) is 55.3 Å². The SMILES string of the molecule is COc1ccc(N(CC(=O)N2CCN(c3ccccc3)CC2)S(C)(=O)=O)cc1. The molecule has 0 bridgehead atoms. The molecule has 2 aromatic rings. The van der Waals surface area contributed by atoms with Crippen LogP contribution in [0.3, 0.4) is 0 Å². The third-order valence-corrected chi connectivity index (χ3v) is 5.93. The van der Waals surface area contributed by atoms with E-state index < -0.39 is 10.0 Å². The number of amides is 1. The highest BCUT2D eigenvalue weighted by atomic mass is 32.2. The van der Waals surface area contributed by atoms with Crippen LogP contribution >= 0.6 is 0 Å². The van der Waals surface area contributed by atoms with Crippen molar-refractivity contribution in [3.05, 3.63) is 54.6 Å². The predicted octanol–water partition coefficient (Wildman–Crippen LogP) is 1.81. The molecule has 0 saturated carbocycles. The van der Waals surface area contributed by atoms with Crippen molar-refractivity contribution in [1.29, 1.82) is 0 Å². The Morgan fingerprint density at radius 1 is 1.00 bits per heavy atom. The Kier molecular flexibility index (Phi) is 6.08. The molecule has 3 rings (SSSR count). The molecule has 0 radical (unpaired) electrons. The van der Waals surface area contributed by atoms with Gasteiger partial charge in [-0.15, -0.1) is 0 Å². The average Bonchev–Trinajstić information content (AvgIpc) is 2.72. The van der Waals surface area contributed by atoms with E-state index in [1.54, 1.807) is 36.3 Å². The van der Waals surface area contributed by atoms with E-state index in [2.05, 4.69) is 4.90 Å². The van der Waals surface area contributed by atoms with Crippen molar-refractivity contribution in [2.24, 2.45) is 0 Å².